The SMILES string of the molecule is CCCOc1nc(N)c2ncn(Cc3ccc(C#N)cc3)c2n1. The van der Waals surface area contributed by atoms with Crippen molar-refractivity contribution < 1.29 is 4.74 Å². The van der Waals surface area contributed by atoms with E-state index in [0.29, 0.717) is 35.7 Å². The molecule has 116 valence electrons. The lowest BCUT2D eigenvalue weighted by atomic mass is 10.1. The number of aromatic nitrogens is 4. The highest BCUT2D eigenvalue weighted by atomic mass is 16.5. The first-order valence-electron chi connectivity index (χ1n) is 7.31. The number of hydrogen-bond acceptors (Lipinski definition) is 6. The molecule has 0 bridgehead atoms. The number of nitrogen functional groups attached to an aromatic ring is 1. The zero-order valence-electron chi connectivity index (χ0n) is 12.7. The van der Waals surface area contributed by atoms with E-state index in [1.54, 1.807) is 18.5 Å². The van der Waals surface area contributed by atoms with Crippen LogP contribution in [-0.2, 0) is 6.54 Å². The van der Waals surface area contributed by atoms with Gasteiger partial charge in [0.25, 0.3) is 0 Å². The lowest BCUT2D eigenvalue weighted by Crippen LogP contribution is -2.05. The molecule has 0 amide bonds. The molecule has 2 N–H and O–H groups in total. The summed E-state index contributed by atoms with van der Waals surface area (Å²) < 4.78 is 7.35. The van der Waals surface area contributed by atoms with Crippen molar-refractivity contribution >= 4 is 17.0 Å². The molecule has 3 aromatic rings. The number of anilines is 1. The number of nitrogens with two attached hydrogens (primary N) is 1. The van der Waals surface area contributed by atoms with Crippen molar-refractivity contribution in [3.05, 3.63) is 41.7 Å². The molecule has 7 heteroatoms. The van der Waals surface area contributed by atoms with E-state index in [1.807, 2.05) is 23.6 Å². The molecule has 0 saturated carbocycles. The summed E-state index contributed by atoms with van der Waals surface area (Å²) >= 11 is 0. The topological polar surface area (TPSA) is 103 Å². The van der Waals surface area contributed by atoms with Crippen LogP contribution in [0.4, 0.5) is 5.82 Å². The summed E-state index contributed by atoms with van der Waals surface area (Å²) in [6.45, 7) is 3.12. The second-order valence-corrected chi connectivity index (χ2v) is 5.09. The molecule has 7 nitrogen and oxygen atoms in total. The van der Waals surface area contributed by atoms with Crippen molar-refractivity contribution in [2.75, 3.05) is 12.3 Å². The number of imidazole rings is 1. The maximum absolute atomic E-state index is 8.85. The molecule has 2 heterocycles. The first kappa shape index (κ1) is 14.8. The molecule has 0 aliphatic heterocycles. The number of ether oxygens (including phenoxy) is 1. The number of nitriles is 1. The fourth-order valence-corrected chi connectivity index (χ4v) is 2.20. The standard InChI is InChI=1S/C16H16N6O/c1-2-7-23-16-20-14(18)13-15(21-16)22(10-19-13)9-12-5-3-11(8-17)4-6-12/h3-6,10H,2,7,9H2,1H3,(H2,18,20,21). The minimum atomic E-state index is 0.262. The van der Waals surface area contributed by atoms with E-state index in [-0.39, 0.29) is 6.01 Å². The highest BCUT2D eigenvalue weighted by Gasteiger charge is 2.12. The van der Waals surface area contributed by atoms with Gasteiger partial charge in [-0.3, -0.25) is 0 Å². The minimum Gasteiger partial charge on any atom is -0.463 e. The normalized spacial score (nSPS) is 10.6. The van der Waals surface area contributed by atoms with Gasteiger partial charge in [-0.1, -0.05) is 19.1 Å². The van der Waals surface area contributed by atoms with Gasteiger partial charge in [0.15, 0.2) is 17.0 Å². The Morgan fingerprint density at radius 2 is 2.04 bits per heavy atom. The van der Waals surface area contributed by atoms with E-state index >= 15 is 0 Å². The van der Waals surface area contributed by atoms with Crippen molar-refractivity contribution in [2.24, 2.45) is 0 Å². The third kappa shape index (κ3) is 3.06. The number of rotatable bonds is 5. The van der Waals surface area contributed by atoms with Gasteiger partial charge in [-0.2, -0.15) is 15.2 Å². The zero-order valence-corrected chi connectivity index (χ0v) is 12.7. The summed E-state index contributed by atoms with van der Waals surface area (Å²) in [6, 6.07) is 9.75. The van der Waals surface area contributed by atoms with Crippen LogP contribution in [0.3, 0.4) is 0 Å². The van der Waals surface area contributed by atoms with Crippen molar-refractivity contribution in [2.45, 2.75) is 19.9 Å². The average molecular weight is 308 g/mol. The lowest BCUT2D eigenvalue weighted by molar-refractivity contribution is 0.293. The Morgan fingerprint density at radius 3 is 2.74 bits per heavy atom. The second-order valence-electron chi connectivity index (χ2n) is 5.09. The molecule has 0 atom stereocenters. The molecule has 0 fully saturated rings. The summed E-state index contributed by atoms with van der Waals surface area (Å²) in [5, 5.41) is 8.85. The first-order valence-corrected chi connectivity index (χ1v) is 7.31. The van der Waals surface area contributed by atoms with Crippen molar-refractivity contribution in [1.29, 1.82) is 5.26 Å². The van der Waals surface area contributed by atoms with Gasteiger partial charge >= 0.3 is 6.01 Å². The summed E-state index contributed by atoms with van der Waals surface area (Å²) in [5.41, 5.74) is 8.79. The molecular weight excluding hydrogens is 292 g/mol. The van der Waals surface area contributed by atoms with Gasteiger partial charge in [-0.25, -0.2) is 4.98 Å². The van der Waals surface area contributed by atoms with E-state index < -0.39 is 0 Å². The predicted octanol–water partition coefficient (Wildman–Crippen LogP) is 2.12. The van der Waals surface area contributed by atoms with E-state index in [0.717, 1.165) is 12.0 Å². The average Bonchev–Trinajstić information content (AvgIpc) is 2.97. The van der Waals surface area contributed by atoms with Crippen molar-refractivity contribution in [3.63, 3.8) is 0 Å². The molecule has 23 heavy (non-hydrogen) atoms. The molecule has 0 aliphatic rings. The third-order valence-corrected chi connectivity index (χ3v) is 3.34. The molecule has 0 saturated heterocycles. The third-order valence-electron chi connectivity index (χ3n) is 3.34. The fraction of sp³-hybridized carbons (Fsp3) is 0.250. The molecule has 0 radical (unpaired) electrons. The van der Waals surface area contributed by atoms with E-state index in [1.165, 1.54) is 0 Å². The minimum absolute atomic E-state index is 0.262. The monoisotopic (exact) mass is 308 g/mol. The smallest absolute Gasteiger partial charge is 0.320 e. The number of hydrogen-bond donors (Lipinski definition) is 1. The van der Waals surface area contributed by atoms with Crippen LogP contribution in [0.2, 0.25) is 0 Å². The molecular formula is C16H16N6O. The summed E-state index contributed by atoms with van der Waals surface area (Å²) in [4.78, 5) is 12.8. The van der Waals surface area contributed by atoms with Gasteiger partial charge < -0.3 is 15.0 Å². The lowest BCUT2D eigenvalue weighted by Gasteiger charge is -2.07. The summed E-state index contributed by atoms with van der Waals surface area (Å²) in [7, 11) is 0. The van der Waals surface area contributed by atoms with Gasteiger partial charge in [-0.15, -0.1) is 0 Å². The maximum atomic E-state index is 8.85. The van der Waals surface area contributed by atoms with Crippen molar-refractivity contribution in [3.8, 4) is 12.1 Å². The van der Waals surface area contributed by atoms with Crippen molar-refractivity contribution in [1.82, 2.24) is 19.5 Å². The summed E-state index contributed by atoms with van der Waals surface area (Å²) in [5.74, 6) is 0.305. The largest absolute Gasteiger partial charge is 0.463 e. The molecule has 0 unspecified atom stereocenters. The fourth-order valence-electron chi connectivity index (χ4n) is 2.20. The predicted molar refractivity (Wildman–Crippen MR) is 85.8 cm³/mol. The van der Waals surface area contributed by atoms with Crippen LogP contribution in [0.1, 0.15) is 24.5 Å². The number of nitrogens with zero attached hydrogens (tertiary/aromatic N) is 5. The Kier molecular flexibility index (Phi) is 4.06. The zero-order chi connectivity index (χ0) is 16.2. The Labute approximate surface area is 133 Å². The summed E-state index contributed by atoms with van der Waals surface area (Å²) in [6.07, 6.45) is 2.54. The van der Waals surface area contributed by atoms with Crippen LogP contribution in [0.5, 0.6) is 6.01 Å². The quantitative estimate of drug-likeness (QED) is 0.774. The Bertz CT molecular complexity index is 863. The van der Waals surface area contributed by atoms with Gasteiger partial charge in [0.05, 0.1) is 31.1 Å². The van der Waals surface area contributed by atoms with E-state index in [2.05, 4.69) is 21.0 Å². The van der Waals surface area contributed by atoms with E-state index in [4.69, 9.17) is 15.7 Å². The van der Waals surface area contributed by atoms with Crippen LogP contribution in [-0.4, -0.2) is 26.1 Å². The second kappa shape index (κ2) is 6.32. The van der Waals surface area contributed by atoms with Gasteiger partial charge in [-0.05, 0) is 24.1 Å². The Balaban J connectivity index is 1.93. The van der Waals surface area contributed by atoms with Gasteiger partial charge in [0.2, 0.25) is 0 Å². The first-order chi connectivity index (χ1) is 11.2. The maximum Gasteiger partial charge on any atom is 0.320 e. The number of benzene rings is 1. The molecule has 0 aliphatic carbocycles. The van der Waals surface area contributed by atoms with Crippen LogP contribution >= 0.6 is 0 Å². The molecule has 2 aromatic heterocycles. The Hall–Kier alpha value is -3.14. The molecule has 0 spiro atoms. The van der Waals surface area contributed by atoms with E-state index in [9.17, 15) is 0 Å². The van der Waals surface area contributed by atoms with Gasteiger partial charge in [0.1, 0.15) is 0 Å². The van der Waals surface area contributed by atoms with Crippen LogP contribution < -0.4 is 10.5 Å². The van der Waals surface area contributed by atoms with Crippen LogP contribution in [0, 0.1) is 11.3 Å². The molecule has 1 aromatic carbocycles. The Morgan fingerprint density at radius 1 is 1.26 bits per heavy atom. The molecule has 3 rings (SSSR count). The van der Waals surface area contributed by atoms with Gasteiger partial charge in [0, 0.05) is 0 Å². The highest BCUT2D eigenvalue weighted by Crippen LogP contribution is 2.20. The van der Waals surface area contributed by atoms with Crippen LogP contribution in [0.15, 0.2) is 30.6 Å². The van der Waals surface area contributed by atoms with Crippen LogP contribution in [0.25, 0.3) is 11.2 Å². The highest BCUT2D eigenvalue weighted by molar-refractivity contribution is 5.81. The number of fused-ring (bicyclic) bond motifs is 1.